The third kappa shape index (κ3) is 6.39. The standard InChI is InChI=1S/C17H30N3O4S/c1-12-9-13(2)16(14(3)10-12)25(22,23)19-15(11-18)17(21)24-8-7-20(4,5)6/h9-10,15,19H,7-8,11,18H2,1-6H3/q+1. The fraction of sp³-hybridized carbons (Fsp3) is 0.588. The Bertz CT molecular complexity index is 701. The summed E-state index contributed by atoms with van der Waals surface area (Å²) in [5.74, 6) is -0.665. The average Bonchev–Trinajstić information content (AvgIpc) is 2.41. The van der Waals surface area contributed by atoms with Gasteiger partial charge < -0.3 is 15.0 Å². The van der Waals surface area contributed by atoms with Crippen LogP contribution < -0.4 is 10.5 Å². The number of ether oxygens (including phenoxy) is 1. The van der Waals surface area contributed by atoms with Crippen molar-refractivity contribution in [2.75, 3.05) is 40.8 Å². The lowest BCUT2D eigenvalue weighted by Gasteiger charge is -2.24. The van der Waals surface area contributed by atoms with Crippen LogP contribution in [0.15, 0.2) is 17.0 Å². The molecule has 0 saturated carbocycles. The average molecular weight is 373 g/mol. The number of nitrogens with two attached hydrogens (primary N) is 1. The normalized spacial score (nSPS) is 13.6. The smallest absolute Gasteiger partial charge is 0.325 e. The van der Waals surface area contributed by atoms with Crippen molar-refractivity contribution in [1.82, 2.24) is 4.72 Å². The molecule has 0 saturated heterocycles. The van der Waals surface area contributed by atoms with Crippen molar-refractivity contribution < 1.29 is 22.4 Å². The Hall–Kier alpha value is -1.48. The number of nitrogens with zero attached hydrogens (tertiary/aromatic N) is 1. The Labute approximate surface area is 150 Å². The van der Waals surface area contributed by atoms with Gasteiger partial charge in [-0.1, -0.05) is 17.7 Å². The SMILES string of the molecule is Cc1cc(C)c(S(=O)(=O)NC(CN)C(=O)OCC[N+](C)(C)C)c(C)c1. The number of aryl methyl sites for hydroxylation is 3. The minimum Gasteiger partial charge on any atom is -0.458 e. The largest absolute Gasteiger partial charge is 0.458 e. The van der Waals surface area contributed by atoms with Crippen LogP contribution >= 0.6 is 0 Å². The summed E-state index contributed by atoms with van der Waals surface area (Å²) in [7, 11) is 2.03. The van der Waals surface area contributed by atoms with E-state index in [0.29, 0.717) is 22.2 Å². The van der Waals surface area contributed by atoms with Crippen LogP contribution in [-0.2, 0) is 19.6 Å². The minimum atomic E-state index is -3.88. The van der Waals surface area contributed by atoms with Crippen LogP contribution in [0.4, 0.5) is 0 Å². The summed E-state index contributed by atoms with van der Waals surface area (Å²) in [6.07, 6.45) is 0. The van der Waals surface area contributed by atoms with E-state index in [1.165, 1.54) is 0 Å². The third-order valence-electron chi connectivity index (χ3n) is 3.70. The second-order valence-corrected chi connectivity index (χ2v) is 8.97. The zero-order valence-corrected chi connectivity index (χ0v) is 16.7. The second-order valence-electron chi connectivity index (χ2n) is 7.32. The summed E-state index contributed by atoms with van der Waals surface area (Å²) in [4.78, 5) is 12.3. The lowest BCUT2D eigenvalue weighted by molar-refractivity contribution is -0.870. The highest BCUT2D eigenvalue weighted by atomic mass is 32.2. The van der Waals surface area contributed by atoms with Gasteiger partial charge in [0.25, 0.3) is 0 Å². The molecule has 1 unspecified atom stereocenters. The molecule has 1 atom stereocenters. The molecule has 0 aliphatic heterocycles. The second kappa shape index (κ2) is 8.27. The molecule has 1 rings (SSSR count). The summed E-state index contributed by atoms with van der Waals surface area (Å²) >= 11 is 0. The Morgan fingerprint density at radius 1 is 1.20 bits per heavy atom. The predicted octanol–water partition coefficient (Wildman–Crippen LogP) is 0.467. The van der Waals surface area contributed by atoms with E-state index >= 15 is 0 Å². The molecule has 1 aromatic carbocycles. The topological polar surface area (TPSA) is 98.5 Å². The van der Waals surface area contributed by atoms with Gasteiger partial charge in [0.2, 0.25) is 10.0 Å². The van der Waals surface area contributed by atoms with Gasteiger partial charge in [-0.05, 0) is 31.9 Å². The maximum atomic E-state index is 12.7. The molecule has 0 bridgehead atoms. The maximum Gasteiger partial charge on any atom is 0.325 e. The van der Waals surface area contributed by atoms with Gasteiger partial charge in [-0.3, -0.25) is 4.79 Å². The lowest BCUT2D eigenvalue weighted by atomic mass is 10.1. The molecule has 3 N–H and O–H groups in total. The van der Waals surface area contributed by atoms with Crippen molar-refractivity contribution in [3.8, 4) is 0 Å². The number of esters is 1. The summed E-state index contributed by atoms with van der Waals surface area (Å²) in [6.45, 7) is 6.00. The molecule has 8 heteroatoms. The number of hydrogen-bond acceptors (Lipinski definition) is 5. The van der Waals surface area contributed by atoms with E-state index in [0.717, 1.165) is 5.56 Å². The third-order valence-corrected chi connectivity index (χ3v) is 5.47. The quantitative estimate of drug-likeness (QED) is 0.510. The van der Waals surface area contributed by atoms with E-state index in [4.69, 9.17) is 10.5 Å². The highest BCUT2D eigenvalue weighted by Gasteiger charge is 2.28. The molecule has 25 heavy (non-hydrogen) atoms. The highest BCUT2D eigenvalue weighted by molar-refractivity contribution is 7.89. The van der Waals surface area contributed by atoms with E-state index in [-0.39, 0.29) is 18.0 Å². The van der Waals surface area contributed by atoms with Gasteiger partial charge in [0.15, 0.2) is 0 Å². The first-order chi connectivity index (χ1) is 11.4. The minimum absolute atomic E-state index is 0.174. The number of rotatable bonds is 8. The molecule has 142 valence electrons. The highest BCUT2D eigenvalue weighted by Crippen LogP contribution is 2.21. The van der Waals surface area contributed by atoms with Gasteiger partial charge in [0, 0.05) is 6.54 Å². The molecule has 0 spiro atoms. The van der Waals surface area contributed by atoms with E-state index in [1.54, 1.807) is 26.0 Å². The molecule has 0 radical (unpaired) electrons. The Balaban J connectivity index is 2.91. The van der Waals surface area contributed by atoms with E-state index in [9.17, 15) is 13.2 Å². The van der Waals surface area contributed by atoms with Gasteiger partial charge in [0.1, 0.15) is 19.2 Å². The molecular formula is C17H30N3O4S+. The number of nitrogens with one attached hydrogen (secondary N) is 1. The molecule has 0 aromatic heterocycles. The van der Waals surface area contributed by atoms with Crippen molar-refractivity contribution in [2.24, 2.45) is 5.73 Å². The number of quaternary nitrogens is 1. The van der Waals surface area contributed by atoms with Crippen LogP contribution in [0.25, 0.3) is 0 Å². The van der Waals surface area contributed by atoms with E-state index in [1.807, 2.05) is 28.1 Å². The number of carbonyl (C=O) groups is 1. The Morgan fingerprint density at radius 3 is 2.16 bits per heavy atom. The van der Waals surface area contributed by atoms with Crippen molar-refractivity contribution in [2.45, 2.75) is 31.7 Å². The number of sulfonamides is 1. The number of benzene rings is 1. The molecule has 1 aromatic rings. The Kier molecular flexibility index (Phi) is 7.13. The predicted molar refractivity (Wildman–Crippen MR) is 97.7 cm³/mol. The molecule has 0 fully saturated rings. The first kappa shape index (κ1) is 21.6. The molecule has 0 aliphatic rings. The van der Waals surface area contributed by atoms with Gasteiger partial charge in [-0.25, -0.2) is 8.42 Å². The van der Waals surface area contributed by atoms with E-state index < -0.39 is 22.0 Å². The van der Waals surface area contributed by atoms with Gasteiger partial charge >= 0.3 is 5.97 Å². The van der Waals surface area contributed by atoms with Crippen LogP contribution in [-0.4, -0.2) is 65.8 Å². The number of carbonyl (C=O) groups excluding carboxylic acids is 1. The first-order valence-corrected chi connectivity index (χ1v) is 9.63. The van der Waals surface area contributed by atoms with Gasteiger partial charge in [-0.15, -0.1) is 0 Å². The fourth-order valence-electron chi connectivity index (χ4n) is 2.55. The van der Waals surface area contributed by atoms with Gasteiger partial charge in [0.05, 0.1) is 26.0 Å². The molecule has 0 aliphatic carbocycles. The van der Waals surface area contributed by atoms with Crippen molar-refractivity contribution in [1.29, 1.82) is 0 Å². The maximum absolute atomic E-state index is 12.7. The first-order valence-electron chi connectivity index (χ1n) is 8.14. The Morgan fingerprint density at radius 2 is 1.72 bits per heavy atom. The lowest BCUT2D eigenvalue weighted by Crippen LogP contribution is -2.47. The summed E-state index contributed by atoms with van der Waals surface area (Å²) < 4.78 is 33.6. The molecule has 0 amide bonds. The van der Waals surface area contributed by atoms with Crippen molar-refractivity contribution in [3.63, 3.8) is 0 Å². The summed E-state index contributed by atoms with van der Waals surface area (Å²) in [5.41, 5.74) is 7.81. The van der Waals surface area contributed by atoms with Crippen LogP contribution in [0.2, 0.25) is 0 Å². The van der Waals surface area contributed by atoms with Crippen molar-refractivity contribution >= 4 is 16.0 Å². The molecule has 0 heterocycles. The van der Waals surface area contributed by atoms with Crippen LogP contribution in [0, 0.1) is 20.8 Å². The van der Waals surface area contributed by atoms with Gasteiger partial charge in [-0.2, -0.15) is 4.72 Å². The van der Waals surface area contributed by atoms with Crippen LogP contribution in [0.5, 0.6) is 0 Å². The van der Waals surface area contributed by atoms with E-state index in [2.05, 4.69) is 4.72 Å². The van der Waals surface area contributed by atoms with Crippen LogP contribution in [0.1, 0.15) is 16.7 Å². The van der Waals surface area contributed by atoms with Crippen LogP contribution in [0.3, 0.4) is 0 Å². The number of likely N-dealkylation sites (N-methyl/N-ethyl adjacent to an activating group) is 1. The fourth-order valence-corrected chi connectivity index (χ4v) is 4.20. The zero-order chi connectivity index (χ0) is 19.4. The monoisotopic (exact) mass is 372 g/mol. The summed E-state index contributed by atoms with van der Waals surface area (Å²) in [6, 6.07) is 2.47. The summed E-state index contributed by atoms with van der Waals surface area (Å²) in [5, 5.41) is 0. The van der Waals surface area contributed by atoms with Crippen molar-refractivity contribution in [3.05, 3.63) is 28.8 Å². The molecular weight excluding hydrogens is 342 g/mol. The zero-order valence-electron chi connectivity index (χ0n) is 15.9. The molecule has 7 nitrogen and oxygen atoms in total. The number of hydrogen-bond donors (Lipinski definition) is 2.